The summed E-state index contributed by atoms with van der Waals surface area (Å²) >= 11 is 5.90. The summed E-state index contributed by atoms with van der Waals surface area (Å²) < 4.78 is 2.42. The summed E-state index contributed by atoms with van der Waals surface area (Å²) in [5, 5.41) is 0. The number of alkyl halides is 1. The van der Waals surface area contributed by atoms with Crippen molar-refractivity contribution in [2.75, 3.05) is 0 Å². The third-order valence-electron chi connectivity index (χ3n) is 5.03. The molecular weight excluding hydrogens is 316 g/mol. The summed E-state index contributed by atoms with van der Waals surface area (Å²) in [4.78, 5) is 5.00. The Morgan fingerprint density at radius 1 is 1.08 bits per heavy atom. The summed E-state index contributed by atoms with van der Waals surface area (Å²) in [5.41, 5.74) is 3.47. The van der Waals surface area contributed by atoms with Gasteiger partial charge in [0.25, 0.3) is 0 Å². The van der Waals surface area contributed by atoms with E-state index < -0.39 is 0 Å². The normalized spacial score (nSPS) is 16.5. The van der Waals surface area contributed by atoms with E-state index in [2.05, 4.69) is 55.8 Å². The van der Waals surface area contributed by atoms with Gasteiger partial charge in [0.05, 0.1) is 5.69 Å². The Morgan fingerprint density at radius 3 is 2.33 bits per heavy atom. The highest BCUT2D eigenvalue weighted by Gasteiger charge is 2.24. The minimum absolute atomic E-state index is 0.0585. The molecule has 0 radical (unpaired) electrons. The largest absolute Gasteiger partial charge is 0.334 e. The molecule has 0 spiro atoms. The summed E-state index contributed by atoms with van der Waals surface area (Å²) in [7, 11) is 0. The van der Waals surface area contributed by atoms with Crippen molar-refractivity contribution in [3.8, 4) is 11.3 Å². The first kappa shape index (κ1) is 17.5. The van der Waals surface area contributed by atoms with E-state index in [4.69, 9.17) is 16.6 Å². The summed E-state index contributed by atoms with van der Waals surface area (Å²) in [5.74, 6) is 2.56. The van der Waals surface area contributed by atoms with Gasteiger partial charge in [0.15, 0.2) is 0 Å². The van der Waals surface area contributed by atoms with Gasteiger partial charge in [-0.15, -0.1) is 11.6 Å². The molecule has 0 unspecified atom stereocenters. The fraction of sp³-hybridized carbons (Fsp3) is 0.571. The Balaban J connectivity index is 1.90. The topological polar surface area (TPSA) is 17.8 Å². The second-order valence-electron chi connectivity index (χ2n) is 8.19. The Hall–Kier alpha value is -1.28. The second kappa shape index (κ2) is 7.31. The van der Waals surface area contributed by atoms with Crippen LogP contribution in [0.15, 0.2) is 30.5 Å². The Bertz CT molecular complexity index is 658. The van der Waals surface area contributed by atoms with Crippen LogP contribution in [-0.2, 0) is 17.8 Å². The molecule has 1 aromatic carbocycles. The molecule has 3 rings (SSSR count). The lowest BCUT2D eigenvalue weighted by molar-refractivity contribution is 0.309. The Morgan fingerprint density at radius 2 is 1.75 bits per heavy atom. The van der Waals surface area contributed by atoms with Gasteiger partial charge >= 0.3 is 0 Å². The molecule has 1 fully saturated rings. The van der Waals surface area contributed by atoms with Gasteiger partial charge in [-0.05, 0) is 24.3 Å². The first-order valence-electron chi connectivity index (χ1n) is 9.20. The molecule has 2 aromatic rings. The standard InChI is InChI=1S/C21H29ClN2/c1-21(2,3)20-23-19(18-11-9-16(13-22)10-12-18)15-24(20)14-17-7-5-4-6-8-17/h9-12,15,17H,4-8,13-14H2,1-3H3. The van der Waals surface area contributed by atoms with Crippen molar-refractivity contribution in [2.24, 2.45) is 5.92 Å². The lowest BCUT2D eigenvalue weighted by atomic mass is 9.88. The first-order chi connectivity index (χ1) is 11.5. The molecule has 24 heavy (non-hydrogen) atoms. The highest BCUT2D eigenvalue weighted by atomic mass is 35.5. The molecule has 2 nitrogen and oxygen atoms in total. The molecule has 130 valence electrons. The maximum absolute atomic E-state index is 5.90. The van der Waals surface area contributed by atoms with Gasteiger partial charge in [0.2, 0.25) is 0 Å². The quantitative estimate of drug-likeness (QED) is 0.606. The van der Waals surface area contributed by atoms with Crippen molar-refractivity contribution in [1.29, 1.82) is 0 Å². The number of imidazole rings is 1. The van der Waals surface area contributed by atoms with Crippen LogP contribution in [0.5, 0.6) is 0 Å². The average Bonchev–Trinajstić information content (AvgIpc) is 3.00. The van der Waals surface area contributed by atoms with E-state index in [1.165, 1.54) is 43.5 Å². The molecule has 1 saturated carbocycles. The van der Waals surface area contributed by atoms with Crippen molar-refractivity contribution in [3.63, 3.8) is 0 Å². The van der Waals surface area contributed by atoms with Crippen molar-refractivity contribution >= 4 is 11.6 Å². The first-order valence-corrected chi connectivity index (χ1v) is 9.74. The van der Waals surface area contributed by atoms with Crippen LogP contribution in [0, 0.1) is 5.92 Å². The minimum atomic E-state index is 0.0585. The molecule has 0 saturated heterocycles. The molecule has 0 atom stereocenters. The second-order valence-corrected chi connectivity index (χ2v) is 8.45. The van der Waals surface area contributed by atoms with Crippen molar-refractivity contribution in [3.05, 3.63) is 41.9 Å². The number of benzene rings is 1. The maximum Gasteiger partial charge on any atom is 0.114 e. The van der Waals surface area contributed by atoms with E-state index in [1.807, 2.05) is 0 Å². The van der Waals surface area contributed by atoms with E-state index in [0.29, 0.717) is 5.88 Å². The van der Waals surface area contributed by atoms with Crippen LogP contribution in [0.4, 0.5) is 0 Å². The number of rotatable bonds is 4. The maximum atomic E-state index is 5.90. The third-order valence-corrected chi connectivity index (χ3v) is 5.34. The number of nitrogens with zero attached hydrogens (tertiary/aromatic N) is 2. The van der Waals surface area contributed by atoms with E-state index in [1.54, 1.807) is 0 Å². The highest BCUT2D eigenvalue weighted by molar-refractivity contribution is 6.17. The SMILES string of the molecule is CC(C)(C)c1nc(-c2ccc(CCl)cc2)cn1CC1CCCCC1. The Kier molecular flexibility index (Phi) is 5.34. The van der Waals surface area contributed by atoms with Crippen LogP contribution in [0.2, 0.25) is 0 Å². The monoisotopic (exact) mass is 344 g/mol. The number of halogens is 1. The van der Waals surface area contributed by atoms with E-state index in [0.717, 1.165) is 23.7 Å². The van der Waals surface area contributed by atoms with E-state index >= 15 is 0 Å². The van der Waals surface area contributed by atoms with Crippen molar-refractivity contribution in [2.45, 2.75) is 70.7 Å². The number of aromatic nitrogens is 2. The van der Waals surface area contributed by atoms with Gasteiger partial charge in [0.1, 0.15) is 5.82 Å². The van der Waals surface area contributed by atoms with Crippen molar-refractivity contribution < 1.29 is 0 Å². The smallest absolute Gasteiger partial charge is 0.114 e. The molecule has 1 aliphatic carbocycles. The lowest BCUT2D eigenvalue weighted by Crippen LogP contribution is -2.22. The third kappa shape index (κ3) is 4.03. The Labute approximate surface area is 151 Å². The van der Waals surface area contributed by atoms with Crippen molar-refractivity contribution in [1.82, 2.24) is 9.55 Å². The van der Waals surface area contributed by atoms with Gasteiger partial charge in [-0.25, -0.2) is 4.98 Å². The molecule has 0 amide bonds. The molecule has 0 bridgehead atoms. The van der Waals surface area contributed by atoms with Gasteiger partial charge < -0.3 is 4.57 Å². The van der Waals surface area contributed by atoms with Gasteiger partial charge in [-0.1, -0.05) is 64.3 Å². The summed E-state index contributed by atoms with van der Waals surface area (Å²) in [6.07, 6.45) is 9.16. The highest BCUT2D eigenvalue weighted by Crippen LogP contribution is 2.30. The fourth-order valence-electron chi connectivity index (χ4n) is 3.71. The predicted molar refractivity (Wildman–Crippen MR) is 102 cm³/mol. The predicted octanol–water partition coefficient (Wildman–Crippen LogP) is 6.17. The molecule has 1 heterocycles. The zero-order valence-electron chi connectivity index (χ0n) is 15.2. The van der Waals surface area contributed by atoms with Crippen LogP contribution in [-0.4, -0.2) is 9.55 Å². The number of hydrogen-bond acceptors (Lipinski definition) is 1. The zero-order chi connectivity index (χ0) is 17.2. The lowest BCUT2D eigenvalue weighted by Gasteiger charge is -2.25. The van der Waals surface area contributed by atoms with Crippen LogP contribution < -0.4 is 0 Å². The summed E-state index contributed by atoms with van der Waals surface area (Å²) in [6, 6.07) is 8.47. The molecular formula is C21H29ClN2. The molecule has 0 aliphatic heterocycles. The van der Waals surface area contributed by atoms with Crippen LogP contribution >= 0.6 is 11.6 Å². The minimum Gasteiger partial charge on any atom is -0.334 e. The van der Waals surface area contributed by atoms with Crippen LogP contribution in [0.25, 0.3) is 11.3 Å². The van der Waals surface area contributed by atoms with Gasteiger partial charge in [-0.2, -0.15) is 0 Å². The number of hydrogen-bond donors (Lipinski definition) is 0. The van der Waals surface area contributed by atoms with Crippen LogP contribution in [0.3, 0.4) is 0 Å². The van der Waals surface area contributed by atoms with Gasteiger partial charge in [0, 0.05) is 29.6 Å². The molecule has 3 heteroatoms. The molecule has 1 aromatic heterocycles. The fourth-order valence-corrected chi connectivity index (χ4v) is 3.88. The summed E-state index contributed by atoms with van der Waals surface area (Å²) in [6.45, 7) is 7.88. The molecule has 1 aliphatic rings. The van der Waals surface area contributed by atoms with E-state index in [-0.39, 0.29) is 5.41 Å². The van der Waals surface area contributed by atoms with E-state index in [9.17, 15) is 0 Å². The molecule has 0 N–H and O–H groups in total. The van der Waals surface area contributed by atoms with Crippen LogP contribution in [0.1, 0.15) is 64.3 Å². The average molecular weight is 345 g/mol. The van der Waals surface area contributed by atoms with Gasteiger partial charge in [-0.3, -0.25) is 0 Å². The zero-order valence-corrected chi connectivity index (χ0v) is 15.9.